The molecular formula is C13H16BrN3O. The highest BCUT2D eigenvalue weighted by atomic mass is 79.9. The van der Waals surface area contributed by atoms with E-state index in [-0.39, 0.29) is 11.6 Å². The van der Waals surface area contributed by atoms with Crippen LogP contribution in [0.2, 0.25) is 0 Å². The number of terminal acetylenes is 1. The Morgan fingerprint density at radius 1 is 1.78 bits per heavy atom. The lowest BCUT2D eigenvalue weighted by atomic mass is 10.1. The Labute approximate surface area is 115 Å². The van der Waals surface area contributed by atoms with Crippen molar-refractivity contribution >= 4 is 21.6 Å². The van der Waals surface area contributed by atoms with Gasteiger partial charge in [0.1, 0.15) is 4.47 Å². The van der Waals surface area contributed by atoms with Crippen LogP contribution in [0.1, 0.15) is 19.8 Å². The van der Waals surface area contributed by atoms with E-state index in [0.717, 1.165) is 6.42 Å². The zero-order valence-electron chi connectivity index (χ0n) is 10.3. The van der Waals surface area contributed by atoms with Gasteiger partial charge in [0, 0.05) is 12.5 Å². The lowest BCUT2D eigenvalue weighted by Gasteiger charge is -2.16. The van der Waals surface area contributed by atoms with Gasteiger partial charge in [-0.15, -0.1) is 18.9 Å². The summed E-state index contributed by atoms with van der Waals surface area (Å²) >= 11 is 3.29. The number of halogens is 1. The second kappa shape index (κ2) is 7.02. The average molecular weight is 310 g/mol. The molecule has 0 aromatic carbocycles. The van der Waals surface area contributed by atoms with Crippen molar-refractivity contribution in [3.8, 4) is 12.3 Å². The number of rotatable bonds is 6. The van der Waals surface area contributed by atoms with Crippen molar-refractivity contribution in [2.45, 2.75) is 32.4 Å². The summed E-state index contributed by atoms with van der Waals surface area (Å²) in [4.78, 5) is 11.9. The Morgan fingerprint density at radius 2 is 2.50 bits per heavy atom. The third-order valence-electron chi connectivity index (χ3n) is 2.50. The summed E-state index contributed by atoms with van der Waals surface area (Å²) < 4.78 is 1.81. The number of allylic oxidation sites excluding steroid dienone is 1. The highest BCUT2D eigenvalue weighted by molar-refractivity contribution is 9.10. The lowest BCUT2D eigenvalue weighted by Crippen LogP contribution is -2.26. The van der Waals surface area contributed by atoms with Crippen LogP contribution in [0.25, 0.3) is 0 Å². The summed E-state index contributed by atoms with van der Waals surface area (Å²) in [6.07, 6.45) is 10.0. The fourth-order valence-electron chi connectivity index (χ4n) is 1.48. The molecule has 0 fully saturated rings. The number of anilines is 1. The van der Waals surface area contributed by atoms with Gasteiger partial charge in [-0.2, -0.15) is 5.10 Å². The van der Waals surface area contributed by atoms with Gasteiger partial charge in [0.05, 0.1) is 18.4 Å². The molecule has 1 heterocycles. The fraction of sp³-hybridized carbons (Fsp3) is 0.385. The van der Waals surface area contributed by atoms with E-state index in [0.29, 0.717) is 23.1 Å². The molecule has 0 aliphatic carbocycles. The predicted molar refractivity (Wildman–Crippen MR) is 77.5 cm³/mol. The Bertz CT molecular complexity index is 516. The van der Waals surface area contributed by atoms with E-state index in [1.807, 2.05) is 6.92 Å². The molecule has 0 bridgehead atoms. The van der Waals surface area contributed by atoms with Crippen molar-refractivity contribution < 1.29 is 0 Å². The summed E-state index contributed by atoms with van der Waals surface area (Å²) in [5, 5.41) is 7.28. The van der Waals surface area contributed by atoms with Crippen LogP contribution in [0.3, 0.4) is 0 Å². The average Bonchev–Trinajstić information content (AvgIpc) is 2.37. The van der Waals surface area contributed by atoms with Gasteiger partial charge in [-0.05, 0) is 22.4 Å². The summed E-state index contributed by atoms with van der Waals surface area (Å²) in [7, 11) is 0. The van der Waals surface area contributed by atoms with Gasteiger partial charge in [0.25, 0.3) is 5.56 Å². The minimum Gasteiger partial charge on any atom is -0.379 e. The van der Waals surface area contributed by atoms with Gasteiger partial charge in [0.2, 0.25) is 0 Å². The molecule has 4 nitrogen and oxygen atoms in total. The highest BCUT2D eigenvalue weighted by Crippen LogP contribution is 2.18. The number of nitrogens with zero attached hydrogens (tertiary/aromatic N) is 2. The summed E-state index contributed by atoms with van der Waals surface area (Å²) in [6.45, 7) is 6.01. The quantitative estimate of drug-likeness (QED) is 0.648. The fourth-order valence-corrected chi connectivity index (χ4v) is 1.90. The van der Waals surface area contributed by atoms with Gasteiger partial charge in [-0.25, -0.2) is 4.68 Å². The minimum absolute atomic E-state index is 0.141. The molecule has 0 aliphatic heterocycles. The molecule has 1 unspecified atom stereocenters. The van der Waals surface area contributed by atoms with Crippen molar-refractivity contribution in [1.82, 2.24) is 9.78 Å². The second-order valence-corrected chi connectivity index (χ2v) is 4.60. The molecule has 96 valence electrons. The highest BCUT2D eigenvalue weighted by Gasteiger charge is 2.11. The molecule has 0 saturated carbocycles. The van der Waals surface area contributed by atoms with Crippen LogP contribution in [0, 0.1) is 12.3 Å². The molecule has 5 heteroatoms. The standard InChI is InChI=1S/C13H16BrN3O/c1-4-7-10(6-3)16-11-9-15-17(8-5-2)13(18)12(11)14/h1,5,9-10,16H,2,6-8H2,3H3. The first-order valence-electron chi connectivity index (χ1n) is 5.70. The third kappa shape index (κ3) is 3.47. The number of aromatic nitrogens is 2. The molecule has 1 rings (SSSR count). The largest absolute Gasteiger partial charge is 0.379 e. The van der Waals surface area contributed by atoms with Crippen LogP contribution in [0.5, 0.6) is 0 Å². The maximum atomic E-state index is 11.9. The first-order valence-corrected chi connectivity index (χ1v) is 6.49. The van der Waals surface area contributed by atoms with E-state index in [1.165, 1.54) is 4.68 Å². The van der Waals surface area contributed by atoms with E-state index in [4.69, 9.17) is 6.42 Å². The summed E-state index contributed by atoms with van der Waals surface area (Å²) in [5.74, 6) is 2.61. The van der Waals surface area contributed by atoms with E-state index in [9.17, 15) is 4.79 Å². The SMILES string of the molecule is C#CCC(CC)Nc1cnn(CC=C)c(=O)c1Br. The van der Waals surface area contributed by atoms with Gasteiger partial charge in [-0.3, -0.25) is 4.79 Å². The summed E-state index contributed by atoms with van der Waals surface area (Å²) in [5.41, 5.74) is 0.484. The van der Waals surface area contributed by atoms with Gasteiger partial charge < -0.3 is 5.32 Å². The normalized spacial score (nSPS) is 11.6. The van der Waals surface area contributed by atoms with E-state index in [1.54, 1.807) is 12.3 Å². The van der Waals surface area contributed by atoms with E-state index >= 15 is 0 Å². The van der Waals surface area contributed by atoms with E-state index in [2.05, 4.69) is 38.8 Å². The van der Waals surface area contributed by atoms with Crippen molar-refractivity contribution in [2.75, 3.05) is 5.32 Å². The zero-order chi connectivity index (χ0) is 13.5. The zero-order valence-corrected chi connectivity index (χ0v) is 11.9. The van der Waals surface area contributed by atoms with Crippen molar-refractivity contribution in [2.24, 2.45) is 0 Å². The second-order valence-electron chi connectivity index (χ2n) is 3.81. The molecule has 1 N–H and O–H groups in total. The molecule has 0 amide bonds. The molecule has 1 atom stereocenters. The first kappa shape index (κ1) is 14.5. The number of nitrogens with one attached hydrogen (secondary N) is 1. The molecule has 0 spiro atoms. The molecule has 0 radical (unpaired) electrons. The minimum atomic E-state index is -0.185. The maximum Gasteiger partial charge on any atom is 0.283 e. The Morgan fingerprint density at radius 3 is 3.06 bits per heavy atom. The molecule has 18 heavy (non-hydrogen) atoms. The molecular weight excluding hydrogens is 294 g/mol. The maximum absolute atomic E-state index is 11.9. The van der Waals surface area contributed by atoms with Crippen molar-refractivity contribution in [3.63, 3.8) is 0 Å². The third-order valence-corrected chi connectivity index (χ3v) is 3.27. The van der Waals surface area contributed by atoms with Crippen LogP contribution in [-0.4, -0.2) is 15.8 Å². The lowest BCUT2D eigenvalue weighted by molar-refractivity contribution is 0.644. The monoisotopic (exact) mass is 309 g/mol. The Kier molecular flexibility index (Phi) is 5.66. The van der Waals surface area contributed by atoms with Gasteiger partial charge in [-0.1, -0.05) is 13.0 Å². The van der Waals surface area contributed by atoms with Crippen LogP contribution in [-0.2, 0) is 6.54 Å². The Balaban J connectivity index is 2.98. The molecule has 1 aromatic rings. The number of hydrogen-bond donors (Lipinski definition) is 1. The molecule has 0 saturated heterocycles. The molecule has 1 aromatic heterocycles. The van der Waals surface area contributed by atoms with Crippen molar-refractivity contribution in [1.29, 1.82) is 0 Å². The van der Waals surface area contributed by atoms with Crippen molar-refractivity contribution in [3.05, 3.63) is 33.7 Å². The number of hydrogen-bond acceptors (Lipinski definition) is 3. The van der Waals surface area contributed by atoms with Crippen LogP contribution >= 0.6 is 15.9 Å². The van der Waals surface area contributed by atoms with E-state index < -0.39 is 0 Å². The summed E-state index contributed by atoms with van der Waals surface area (Å²) in [6, 6.07) is 0.141. The van der Waals surface area contributed by atoms with Gasteiger partial charge in [0.15, 0.2) is 0 Å². The molecule has 0 aliphatic rings. The Hall–Kier alpha value is -1.54. The first-order chi connectivity index (χ1) is 8.63. The van der Waals surface area contributed by atoms with Gasteiger partial charge >= 0.3 is 0 Å². The van der Waals surface area contributed by atoms with Crippen LogP contribution in [0.4, 0.5) is 5.69 Å². The predicted octanol–water partition coefficient (Wildman–Crippen LogP) is 2.41. The topological polar surface area (TPSA) is 46.9 Å². The van der Waals surface area contributed by atoms with Crippen LogP contribution in [0.15, 0.2) is 28.1 Å². The smallest absolute Gasteiger partial charge is 0.283 e. The van der Waals surface area contributed by atoms with Crippen LogP contribution < -0.4 is 10.9 Å².